The average molecular weight is 247 g/mol. The van der Waals surface area contributed by atoms with Gasteiger partial charge in [0.25, 0.3) is 0 Å². The lowest BCUT2D eigenvalue weighted by atomic mass is 9.77. The molecule has 1 unspecified atom stereocenters. The van der Waals surface area contributed by atoms with Crippen molar-refractivity contribution >= 4 is 6.08 Å². The van der Waals surface area contributed by atoms with Crippen LogP contribution in [0.1, 0.15) is 34.7 Å². The Balaban J connectivity index is 2.02. The van der Waals surface area contributed by atoms with E-state index in [9.17, 15) is 0 Å². The van der Waals surface area contributed by atoms with Gasteiger partial charge in [0.2, 0.25) is 0 Å². The van der Waals surface area contributed by atoms with Crippen LogP contribution in [0.15, 0.2) is 42.5 Å². The lowest BCUT2D eigenvalue weighted by molar-refractivity contribution is 0.699. The fourth-order valence-electron chi connectivity index (χ4n) is 3.51. The van der Waals surface area contributed by atoms with Gasteiger partial charge in [-0.1, -0.05) is 48.6 Å². The summed E-state index contributed by atoms with van der Waals surface area (Å²) in [4.78, 5) is 0. The van der Waals surface area contributed by atoms with E-state index >= 15 is 0 Å². The summed E-state index contributed by atoms with van der Waals surface area (Å²) in [5.41, 5.74) is 14.8. The van der Waals surface area contributed by atoms with Crippen molar-refractivity contribution in [2.24, 2.45) is 5.73 Å². The Hall–Kier alpha value is -1.86. The van der Waals surface area contributed by atoms with Crippen molar-refractivity contribution in [3.05, 3.63) is 64.7 Å². The zero-order chi connectivity index (χ0) is 12.8. The van der Waals surface area contributed by atoms with Gasteiger partial charge in [0.05, 0.1) is 0 Å². The maximum atomic E-state index is 6.46. The summed E-state index contributed by atoms with van der Waals surface area (Å²) in [6.07, 6.45) is 7.73. The molecule has 94 valence electrons. The summed E-state index contributed by atoms with van der Waals surface area (Å²) < 4.78 is 0. The minimum Gasteiger partial charge on any atom is -0.324 e. The molecule has 0 saturated carbocycles. The van der Waals surface area contributed by atoms with E-state index in [0.717, 1.165) is 19.3 Å². The first-order valence-corrected chi connectivity index (χ1v) is 7.01. The van der Waals surface area contributed by atoms with Crippen LogP contribution in [0.4, 0.5) is 0 Å². The highest BCUT2D eigenvalue weighted by Gasteiger charge is 2.25. The molecular formula is C18H17N. The molecule has 0 spiro atoms. The first-order valence-electron chi connectivity index (χ1n) is 7.01. The molecule has 2 N–H and O–H groups in total. The largest absolute Gasteiger partial charge is 0.324 e. The number of rotatable bonds is 0. The zero-order valence-corrected chi connectivity index (χ0v) is 10.9. The molecule has 0 amide bonds. The third-order valence-electron chi connectivity index (χ3n) is 4.37. The smallest absolute Gasteiger partial charge is 0.0345 e. The van der Waals surface area contributed by atoms with Gasteiger partial charge in [0, 0.05) is 6.04 Å². The molecule has 19 heavy (non-hydrogen) atoms. The van der Waals surface area contributed by atoms with Gasteiger partial charge in [-0.25, -0.2) is 0 Å². The van der Waals surface area contributed by atoms with Crippen LogP contribution in [-0.2, 0) is 12.8 Å². The summed E-state index contributed by atoms with van der Waals surface area (Å²) in [5.74, 6) is 0. The molecule has 2 aromatic carbocycles. The van der Waals surface area contributed by atoms with Gasteiger partial charge in [-0.3, -0.25) is 0 Å². The number of allylic oxidation sites excluding steroid dienone is 1. The van der Waals surface area contributed by atoms with Crippen molar-refractivity contribution in [2.75, 3.05) is 0 Å². The van der Waals surface area contributed by atoms with Crippen molar-refractivity contribution in [3.8, 4) is 11.1 Å². The molecule has 2 aliphatic carbocycles. The summed E-state index contributed by atoms with van der Waals surface area (Å²) >= 11 is 0. The third-order valence-corrected chi connectivity index (χ3v) is 4.37. The van der Waals surface area contributed by atoms with E-state index < -0.39 is 0 Å². The zero-order valence-electron chi connectivity index (χ0n) is 10.9. The average Bonchev–Trinajstić information content (AvgIpc) is 2.46. The Morgan fingerprint density at radius 3 is 2.84 bits per heavy atom. The van der Waals surface area contributed by atoms with Crippen LogP contribution in [0, 0.1) is 0 Å². The van der Waals surface area contributed by atoms with Crippen LogP contribution in [0.5, 0.6) is 0 Å². The van der Waals surface area contributed by atoms with E-state index in [1.807, 2.05) is 0 Å². The normalized spacial score (nSPS) is 19.5. The molecule has 1 atom stereocenters. The Morgan fingerprint density at radius 1 is 1.00 bits per heavy atom. The molecule has 0 radical (unpaired) electrons. The van der Waals surface area contributed by atoms with Crippen molar-refractivity contribution in [1.29, 1.82) is 0 Å². The quantitative estimate of drug-likeness (QED) is 0.751. The van der Waals surface area contributed by atoms with Crippen molar-refractivity contribution < 1.29 is 0 Å². The van der Waals surface area contributed by atoms with Crippen LogP contribution in [-0.4, -0.2) is 0 Å². The molecule has 0 aliphatic heterocycles. The number of hydrogen-bond donors (Lipinski definition) is 1. The Labute approximate surface area is 113 Å². The van der Waals surface area contributed by atoms with Crippen LogP contribution in [0.2, 0.25) is 0 Å². The number of fused-ring (bicyclic) bond motifs is 5. The molecule has 2 aliphatic rings. The molecule has 0 saturated heterocycles. The van der Waals surface area contributed by atoms with Crippen LogP contribution < -0.4 is 5.73 Å². The van der Waals surface area contributed by atoms with E-state index in [1.54, 1.807) is 0 Å². The van der Waals surface area contributed by atoms with E-state index in [-0.39, 0.29) is 6.04 Å². The summed E-state index contributed by atoms with van der Waals surface area (Å²) in [6, 6.07) is 13.3. The first-order chi connectivity index (χ1) is 9.34. The van der Waals surface area contributed by atoms with Gasteiger partial charge < -0.3 is 5.73 Å². The lowest BCUT2D eigenvalue weighted by Gasteiger charge is -2.29. The fraction of sp³-hybridized carbons (Fsp3) is 0.222. The van der Waals surface area contributed by atoms with Gasteiger partial charge in [-0.05, 0) is 52.6 Å². The standard InChI is InChI=1S/C18H17N/c19-17-11-13-6-2-3-7-14(13)16-10-9-12-5-1-4-8-15(12)18(16)17/h1-3,5-7,9-10,17H,4,8,11,19H2. The number of nitrogens with two attached hydrogens (primary N) is 1. The monoisotopic (exact) mass is 247 g/mol. The van der Waals surface area contributed by atoms with Crippen molar-refractivity contribution in [2.45, 2.75) is 25.3 Å². The van der Waals surface area contributed by atoms with Crippen molar-refractivity contribution in [1.82, 2.24) is 0 Å². The second kappa shape index (κ2) is 4.07. The number of benzene rings is 2. The van der Waals surface area contributed by atoms with Gasteiger partial charge in [0.15, 0.2) is 0 Å². The highest BCUT2D eigenvalue weighted by atomic mass is 14.6. The van der Waals surface area contributed by atoms with E-state index in [0.29, 0.717) is 0 Å². The van der Waals surface area contributed by atoms with Crippen LogP contribution >= 0.6 is 0 Å². The highest BCUT2D eigenvalue weighted by Crippen LogP contribution is 2.41. The molecule has 0 heterocycles. The molecule has 0 fully saturated rings. The summed E-state index contributed by atoms with van der Waals surface area (Å²) in [6.45, 7) is 0. The minimum atomic E-state index is 0.145. The molecule has 1 nitrogen and oxygen atoms in total. The Bertz CT molecular complexity index is 682. The summed E-state index contributed by atoms with van der Waals surface area (Å²) in [7, 11) is 0. The second-order valence-electron chi connectivity index (χ2n) is 5.50. The minimum absolute atomic E-state index is 0.145. The maximum Gasteiger partial charge on any atom is 0.0345 e. The SMILES string of the molecule is NC1Cc2ccccc2-c2ccc3c(c21)CCC=C3. The maximum absolute atomic E-state index is 6.46. The molecule has 1 heteroatoms. The Morgan fingerprint density at radius 2 is 1.89 bits per heavy atom. The predicted octanol–water partition coefficient (Wildman–Crippen LogP) is 3.87. The van der Waals surface area contributed by atoms with Gasteiger partial charge in [-0.15, -0.1) is 0 Å². The van der Waals surface area contributed by atoms with E-state index in [1.165, 1.54) is 33.4 Å². The predicted molar refractivity (Wildman–Crippen MR) is 79.9 cm³/mol. The molecule has 2 aromatic rings. The van der Waals surface area contributed by atoms with E-state index in [2.05, 4.69) is 48.6 Å². The van der Waals surface area contributed by atoms with Gasteiger partial charge >= 0.3 is 0 Å². The van der Waals surface area contributed by atoms with Gasteiger partial charge in [-0.2, -0.15) is 0 Å². The van der Waals surface area contributed by atoms with Crippen molar-refractivity contribution in [3.63, 3.8) is 0 Å². The van der Waals surface area contributed by atoms with Crippen LogP contribution in [0.3, 0.4) is 0 Å². The number of hydrogen-bond acceptors (Lipinski definition) is 1. The van der Waals surface area contributed by atoms with Crippen LogP contribution in [0.25, 0.3) is 17.2 Å². The third kappa shape index (κ3) is 1.58. The molecule has 4 rings (SSSR count). The lowest BCUT2D eigenvalue weighted by Crippen LogP contribution is -2.21. The van der Waals surface area contributed by atoms with Gasteiger partial charge in [0.1, 0.15) is 0 Å². The Kier molecular flexibility index (Phi) is 2.36. The molecular weight excluding hydrogens is 230 g/mol. The summed E-state index contributed by atoms with van der Waals surface area (Å²) in [5, 5.41) is 0. The molecule has 0 aromatic heterocycles. The fourth-order valence-corrected chi connectivity index (χ4v) is 3.51. The topological polar surface area (TPSA) is 26.0 Å². The molecule has 0 bridgehead atoms. The first kappa shape index (κ1) is 11.0. The van der Waals surface area contributed by atoms with E-state index in [4.69, 9.17) is 5.73 Å². The second-order valence-corrected chi connectivity index (χ2v) is 5.50. The highest BCUT2D eigenvalue weighted by molar-refractivity contribution is 5.78.